The minimum Gasteiger partial charge on any atom is -0.481 e. The van der Waals surface area contributed by atoms with Crippen LogP contribution in [0.5, 0.6) is 0 Å². The van der Waals surface area contributed by atoms with E-state index in [1.807, 2.05) is 6.92 Å². The quantitative estimate of drug-likeness (QED) is 0.651. The maximum atomic E-state index is 11.5. The van der Waals surface area contributed by atoms with Crippen molar-refractivity contribution in [3.8, 4) is 0 Å². The fourth-order valence-electron chi connectivity index (χ4n) is 1.17. The summed E-state index contributed by atoms with van der Waals surface area (Å²) in [4.78, 5) is 23.5. The Labute approximate surface area is 90.0 Å². The number of carbonyl (C=O) groups is 2. The first-order valence-electron chi connectivity index (χ1n) is 5.10. The highest BCUT2D eigenvalue weighted by atomic mass is 16.5. The summed E-state index contributed by atoms with van der Waals surface area (Å²) >= 11 is 0. The van der Waals surface area contributed by atoms with Crippen LogP contribution in [0.3, 0.4) is 0 Å². The normalized spacial score (nSPS) is 10.0. The van der Waals surface area contributed by atoms with E-state index in [9.17, 15) is 9.59 Å². The van der Waals surface area contributed by atoms with Crippen LogP contribution in [0.1, 0.15) is 26.2 Å². The molecule has 0 aliphatic carbocycles. The van der Waals surface area contributed by atoms with Gasteiger partial charge in [0.05, 0.1) is 13.0 Å². The summed E-state index contributed by atoms with van der Waals surface area (Å²) < 4.78 is 4.87. The fourth-order valence-corrected chi connectivity index (χ4v) is 1.17. The molecular weight excluding hydrogens is 198 g/mol. The Morgan fingerprint density at radius 2 is 1.93 bits per heavy atom. The maximum absolute atomic E-state index is 11.5. The second-order valence-corrected chi connectivity index (χ2v) is 3.27. The van der Waals surface area contributed by atoms with Gasteiger partial charge in [-0.1, -0.05) is 6.92 Å². The number of amides is 1. The lowest BCUT2D eigenvalue weighted by molar-refractivity contribution is -0.138. The minimum absolute atomic E-state index is 0.00389. The van der Waals surface area contributed by atoms with Crippen molar-refractivity contribution in [2.75, 3.05) is 26.8 Å². The SMILES string of the molecule is CCCC(=O)N(CCOC)CCC(=O)O. The molecule has 0 atom stereocenters. The van der Waals surface area contributed by atoms with Crippen molar-refractivity contribution in [1.29, 1.82) is 0 Å². The van der Waals surface area contributed by atoms with Crippen LogP contribution < -0.4 is 0 Å². The molecule has 15 heavy (non-hydrogen) atoms. The predicted octanol–water partition coefficient (Wildman–Crippen LogP) is 0.736. The zero-order valence-corrected chi connectivity index (χ0v) is 9.36. The Hall–Kier alpha value is -1.10. The van der Waals surface area contributed by atoms with E-state index in [2.05, 4.69) is 0 Å². The highest BCUT2D eigenvalue weighted by Gasteiger charge is 2.13. The van der Waals surface area contributed by atoms with Gasteiger partial charge in [-0.25, -0.2) is 0 Å². The van der Waals surface area contributed by atoms with Crippen LogP contribution in [0, 0.1) is 0 Å². The van der Waals surface area contributed by atoms with Crippen LogP contribution in [-0.2, 0) is 14.3 Å². The Morgan fingerprint density at radius 3 is 2.40 bits per heavy atom. The number of carboxylic acids is 1. The van der Waals surface area contributed by atoms with Gasteiger partial charge >= 0.3 is 5.97 Å². The lowest BCUT2D eigenvalue weighted by Crippen LogP contribution is -2.35. The van der Waals surface area contributed by atoms with E-state index in [1.165, 1.54) is 0 Å². The summed E-state index contributed by atoms with van der Waals surface area (Å²) in [6, 6.07) is 0. The number of ether oxygens (including phenoxy) is 1. The van der Waals surface area contributed by atoms with Crippen LogP contribution in [-0.4, -0.2) is 48.7 Å². The van der Waals surface area contributed by atoms with E-state index >= 15 is 0 Å². The molecule has 0 saturated heterocycles. The third kappa shape index (κ3) is 6.90. The number of methoxy groups -OCH3 is 1. The molecule has 0 fully saturated rings. The first-order chi connectivity index (χ1) is 7.11. The molecule has 0 unspecified atom stereocenters. The number of nitrogens with zero attached hydrogens (tertiary/aromatic N) is 1. The first-order valence-corrected chi connectivity index (χ1v) is 5.10. The molecule has 1 N–H and O–H groups in total. The first kappa shape index (κ1) is 13.9. The lowest BCUT2D eigenvalue weighted by Gasteiger charge is -2.21. The van der Waals surface area contributed by atoms with Crippen LogP contribution in [0.25, 0.3) is 0 Å². The molecule has 5 heteroatoms. The van der Waals surface area contributed by atoms with Gasteiger partial charge in [-0.3, -0.25) is 9.59 Å². The molecule has 0 spiro atoms. The Bertz CT molecular complexity index is 206. The zero-order valence-electron chi connectivity index (χ0n) is 9.36. The molecule has 88 valence electrons. The molecule has 0 saturated carbocycles. The van der Waals surface area contributed by atoms with E-state index in [4.69, 9.17) is 9.84 Å². The van der Waals surface area contributed by atoms with Gasteiger partial charge in [0.1, 0.15) is 0 Å². The average molecular weight is 217 g/mol. The summed E-state index contributed by atoms with van der Waals surface area (Å²) in [6.45, 7) is 3.08. The molecule has 0 rings (SSSR count). The zero-order chi connectivity index (χ0) is 11.7. The Balaban J connectivity index is 4.04. The van der Waals surface area contributed by atoms with Gasteiger partial charge < -0.3 is 14.7 Å². The number of hydrogen-bond donors (Lipinski definition) is 1. The second-order valence-electron chi connectivity index (χ2n) is 3.27. The molecule has 5 nitrogen and oxygen atoms in total. The van der Waals surface area contributed by atoms with Crippen molar-refractivity contribution in [3.63, 3.8) is 0 Å². The molecule has 1 amide bonds. The number of hydrogen-bond acceptors (Lipinski definition) is 3. The van der Waals surface area contributed by atoms with E-state index in [1.54, 1.807) is 12.0 Å². The molecule has 0 aromatic rings. The molecule has 0 aromatic heterocycles. The third-order valence-corrected chi connectivity index (χ3v) is 1.98. The molecule has 0 aromatic carbocycles. The lowest BCUT2D eigenvalue weighted by atomic mass is 10.3. The highest BCUT2D eigenvalue weighted by molar-refractivity contribution is 5.77. The average Bonchev–Trinajstić information content (AvgIpc) is 2.17. The number of aliphatic carboxylic acids is 1. The monoisotopic (exact) mass is 217 g/mol. The summed E-state index contributed by atoms with van der Waals surface area (Å²) in [5, 5.41) is 8.53. The molecular formula is C10H19NO4. The van der Waals surface area contributed by atoms with Crippen molar-refractivity contribution < 1.29 is 19.4 Å². The van der Waals surface area contributed by atoms with Crippen LogP contribution in [0.2, 0.25) is 0 Å². The van der Waals surface area contributed by atoms with Crippen molar-refractivity contribution in [2.24, 2.45) is 0 Å². The maximum Gasteiger partial charge on any atom is 0.305 e. The van der Waals surface area contributed by atoms with Crippen molar-refractivity contribution in [2.45, 2.75) is 26.2 Å². The fraction of sp³-hybridized carbons (Fsp3) is 0.800. The smallest absolute Gasteiger partial charge is 0.305 e. The summed E-state index contributed by atoms with van der Waals surface area (Å²) in [7, 11) is 1.56. The molecule has 0 bridgehead atoms. The van der Waals surface area contributed by atoms with Crippen molar-refractivity contribution in [3.05, 3.63) is 0 Å². The number of carbonyl (C=O) groups excluding carboxylic acids is 1. The third-order valence-electron chi connectivity index (χ3n) is 1.98. The summed E-state index contributed by atoms with van der Waals surface area (Å²) in [5.41, 5.74) is 0. The molecule has 0 aliphatic rings. The van der Waals surface area contributed by atoms with Gasteiger partial charge in [-0.2, -0.15) is 0 Å². The Morgan fingerprint density at radius 1 is 1.27 bits per heavy atom. The van der Waals surface area contributed by atoms with Crippen LogP contribution in [0.15, 0.2) is 0 Å². The molecule has 0 heterocycles. The van der Waals surface area contributed by atoms with Gasteiger partial charge in [0.15, 0.2) is 0 Å². The van der Waals surface area contributed by atoms with Crippen molar-refractivity contribution in [1.82, 2.24) is 4.90 Å². The molecule has 0 radical (unpaired) electrons. The molecule has 0 aliphatic heterocycles. The van der Waals surface area contributed by atoms with Crippen LogP contribution >= 0.6 is 0 Å². The summed E-state index contributed by atoms with van der Waals surface area (Å²) in [6.07, 6.45) is 1.22. The van der Waals surface area contributed by atoms with E-state index in [0.29, 0.717) is 19.6 Å². The van der Waals surface area contributed by atoms with Gasteiger partial charge in [0.2, 0.25) is 5.91 Å². The topological polar surface area (TPSA) is 66.8 Å². The van der Waals surface area contributed by atoms with Gasteiger partial charge in [-0.15, -0.1) is 0 Å². The Kier molecular flexibility index (Phi) is 7.62. The van der Waals surface area contributed by atoms with E-state index in [-0.39, 0.29) is 18.9 Å². The standard InChI is InChI=1S/C10H19NO4/c1-3-4-9(12)11(7-8-15-2)6-5-10(13)14/h3-8H2,1-2H3,(H,13,14). The minimum atomic E-state index is -0.887. The van der Waals surface area contributed by atoms with Gasteiger partial charge in [0, 0.05) is 26.6 Å². The van der Waals surface area contributed by atoms with Crippen LogP contribution in [0.4, 0.5) is 0 Å². The number of carboxylic acid groups (broad SMARTS) is 1. The van der Waals surface area contributed by atoms with Gasteiger partial charge in [-0.05, 0) is 6.42 Å². The largest absolute Gasteiger partial charge is 0.481 e. The van der Waals surface area contributed by atoms with E-state index in [0.717, 1.165) is 6.42 Å². The van der Waals surface area contributed by atoms with Gasteiger partial charge in [0.25, 0.3) is 0 Å². The van der Waals surface area contributed by atoms with Crippen molar-refractivity contribution >= 4 is 11.9 Å². The summed E-state index contributed by atoms with van der Waals surface area (Å²) in [5.74, 6) is -0.891. The second kappa shape index (κ2) is 8.23. The predicted molar refractivity (Wildman–Crippen MR) is 55.6 cm³/mol. The number of rotatable bonds is 8. The highest BCUT2D eigenvalue weighted by Crippen LogP contribution is 1.99. The van der Waals surface area contributed by atoms with E-state index < -0.39 is 5.97 Å².